The maximum atomic E-state index is 13.8. The second-order valence-electron chi connectivity index (χ2n) is 4.83. The summed E-state index contributed by atoms with van der Waals surface area (Å²) in [5.74, 6) is -0.803. The molecule has 0 saturated heterocycles. The third-order valence-electron chi connectivity index (χ3n) is 3.29. The van der Waals surface area contributed by atoms with Gasteiger partial charge < -0.3 is 9.52 Å². The number of hydrogen-bond donors (Lipinski definition) is 1. The van der Waals surface area contributed by atoms with Crippen molar-refractivity contribution in [1.82, 2.24) is 4.98 Å². The Balaban J connectivity index is 1.99. The van der Waals surface area contributed by atoms with Crippen molar-refractivity contribution in [2.75, 3.05) is 0 Å². The van der Waals surface area contributed by atoms with Crippen molar-refractivity contribution in [1.29, 1.82) is 0 Å². The van der Waals surface area contributed by atoms with E-state index in [-0.39, 0.29) is 18.1 Å². The second kappa shape index (κ2) is 6.07. The van der Waals surface area contributed by atoms with Crippen molar-refractivity contribution in [3.05, 3.63) is 77.2 Å². The van der Waals surface area contributed by atoms with Gasteiger partial charge in [0.2, 0.25) is 5.89 Å². The van der Waals surface area contributed by atoms with Crippen molar-refractivity contribution in [3.8, 4) is 11.5 Å². The summed E-state index contributed by atoms with van der Waals surface area (Å²) >= 11 is 0. The molecule has 0 unspecified atom stereocenters. The standard InChI is InChI=1S/C17H13F2NO2/c18-12-6-7-14(19)13(9-12)17-20-15(10-21)16(22-17)8-11-4-2-1-3-5-11/h1-7,9,21H,8,10H2. The maximum absolute atomic E-state index is 13.8. The van der Waals surface area contributed by atoms with Gasteiger partial charge in [-0.1, -0.05) is 30.3 Å². The van der Waals surface area contributed by atoms with Gasteiger partial charge in [0.15, 0.2) is 0 Å². The number of oxazole rings is 1. The van der Waals surface area contributed by atoms with E-state index in [1.807, 2.05) is 30.3 Å². The van der Waals surface area contributed by atoms with Crippen LogP contribution in [0.15, 0.2) is 52.9 Å². The van der Waals surface area contributed by atoms with E-state index in [0.717, 1.165) is 23.8 Å². The van der Waals surface area contributed by atoms with Crippen LogP contribution in [0, 0.1) is 11.6 Å². The van der Waals surface area contributed by atoms with Gasteiger partial charge in [0.05, 0.1) is 12.2 Å². The van der Waals surface area contributed by atoms with Crippen molar-refractivity contribution in [2.24, 2.45) is 0 Å². The van der Waals surface area contributed by atoms with Gasteiger partial charge in [-0.3, -0.25) is 0 Å². The van der Waals surface area contributed by atoms with Gasteiger partial charge in [-0.05, 0) is 23.8 Å². The quantitative estimate of drug-likeness (QED) is 0.799. The molecular weight excluding hydrogens is 288 g/mol. The van der Waals surface area contributed by atoms with E-state index in [9.17, 15) is 13.9 Å². The molecule has 0 aliphatic carbocycles. The molecule has 1 heterocycles. The Hall–Kier alpha value is -2.53. The first-order valence-corrected chi connectivity index (χ1v) is 6.76. The minimum Gasteiger partial charge on any atom is -0.440 e. The molecule has 2 aromatic carbocycles. The average Bonchev–Trinajstić information content (AvgIpc) is 2.93. The zero-order chi connectivity index (χ0) is 15.5. The van der Waals surface area contributed by atoms with Crippen LogP contribution in [0.1, 0.15) is 17.0 Å². The van der Waals surface area contributed by atoms with Crippen LogP contribution in [0.25, 0.3) is 11.5 Å². The number of aliphatic hydroxyl groups excluding tert-OH is 1. The van der Waals surface area contributed by atoms with Gasteiger partial charge >= 0.3 is 0 Å². The summed E-state index contributed by atoms with van der Waals surface area (Å²) in [6.45, 7) is -0.331. The molecule has 3 rings (SSSR count). The summed E-state index contributed by atoms with van der Waals surface area (Å²) in [5, 5.41) is 9.39. The van der Waals surface area contributed by atoms with Crippen molar-refractivity contribution >= 4 is 0 Å². The molecule has 1 aromatic heterocycles. The molecule has 0 spiro atoms. The molecule has 3 nitrogen and oxygen atoms in total. The van der Waals surface area contributed by atoms with E-state index >= 15 is 0 Å². The number of nitrogens with zero attached hydrogens (tertiary/aromatic N) is 1. The number of aromatic nitrogens is 1. The molecule has 0 bridgehead atoms. The van der Waals surface area contributed by atoms with Crippen LogP contribution in [-0.4, -0.2) is 10.1 Å². The lowest BCUT2D eigenvalue weighted by molar-refractivity contribution is 0.274. The predicted octanol–water partition coefficient (Wildman–Crippen LogP) is 3.70. The topological polar surface area (TPSA) is 46.3 Å². The lowest BCUT2D eigenvalue weighted by Gasteiger charge is -2.00. The SMILES string of the molecule is OCc1nc(-c2cc(F)ccc2F)oc1Cc1ccccc1. The average molecular weight is 301 g/mol. The molecule has 5 heteroatoms. The Morgan fingerprint density at radius 3 is 2.55 bits per heavy atom. The number of benzene rings is 2. The van der Waals surface area contributed by atoms with E-state index in [4.69, 9.17) is 4.42 Å². The van der Waals surface area contributed by atoms with Crippen molar-refractivity contribution < 1.29 is 18.3 Å². The summed E-state index contributed by atoms with van der Waals surface area (Å²) < 4.78 is 32.6. The molecule has 0 aliphatic heterocycles. The Kier molecular flexibility index (Phi) is 3.98. The number of halogens is 2. The highest BCUT2D eigenvalue weighted by atomic mass is 19.1. The van der Waals surface area contributed by atoms with Crippen LogP contribution >= 0.6 is 0 Å². The van der Waals surface area contributed by atoms with Gasteiger partial charge in [0.1, 0.15) is 23.1 Å². The molecule has 0 aliphatic rings. The number of hydrogen-bond acceptors (Lipinski definition) is 3. The van der Waals surface area contributed by atoms with E-state index in [0.29, 0.717) is 17.9 Å². The van der Waals surface area contributed by atoms with E-state index in [1.165, 1.54) is 0 Å². The summed E-state index contributed by atoms with van der Waals surface area (Å²) in [5.41, 5.74) is 1.23. The lowest BCUT2D eigenvalue weighted by Crippen LogP contribution is -1.92. The van der Waals surface area contributed by atoms with Crippen LogP contribution in [0.4, 0.5) is 8.78 Å². The van der Waals surface area contributed by atoms with Crippen LogP contribution in [-0.2, 0) is 13.0 Å². The van der Waals surface area contributed by atoms with Crippen LogP contribution in [0.5, 0.6) is 0 Å². The molecule has 0 amide bonds. The third-order valence-corrected chi connectivity index (χ3v) is 3.29. The highest BCUT2D eigenvalue weighted by Gasteiger charge is 2.17. The molecule has 3 aromatic rings. The minimum atomic E-state index is -0.626. The summed E-state index contributed by atoms with van der Waals surface area (Å²) in [6.07, 6.45) is 0.417. The predicted molar refractivity (Wildman–Crippen MR) is 77.0 cm³/mol. The van der Waals surface area contributed by atoms with E-state index in [2.05, 4.69) is 4.98 Å². The van der Waals surface area contributed by atoms with Crippen molar-refractivity contribution in [3.63, 3.8) is 0 Å². The summed E-state index contributed by atoms with van der Waals surface area (Å²) in [6, 6.07) is 12.6. The molecule has 0 radical (unpaired) electrons. The Morgan fingerprint density at radius 2 is 1.82 bits per heavy atom. The second-order valence-corrected chi connectivity index (χ2v) is 4.83. The summed E-state index contributed by atoms with van der Waals surface area (Å²) in [4.78, 5) is 4.07. The van der Waals surface area contributed by atoms with Crippen LogP contribution in [0.2, 0.25) is 0 Å². The van der Waals surface area contributed by atoms with E-state index in [1.54, 1.807) is 0 Å². The Labute approximate surface area is 125 Å². The Bertz CT molecular complexity index is 785. The van der Waals surface area contributed by atoms with Gasteiger partial charge in [-0.2, -0.15) is 0 Å². The van der Waals surface area contributed by atoms with Gasteiger partial charge in [0, 0.05) is 6.42 Å². The number of aliphatic hydroxyl groups is 1. The fourth-order valence-corrected chi connectivity index (χ4v) is 2.20. The first-order valence-electron chi connectivity index (χ1n) is 6.76. The highest BCUT2D eigenvalue weighted by molar-refractivity contribution is 5.55. The zero-order valence-electron chi connectivity index (χ0n) is 11.6. The highest BCUT2D eigenvalue weighted by Crippen LogP contribution is 2.27. The number of rotatable bonds is 4. The van der Waals surface area contributed by atoms with E-state index < -0.39 is 11.6 Å². The fraction of sp³-hybridized carbons (Fsp3) is 0.118. The molecule has 0 fully saturated rings. The van der Waals surface area contributed by atoms with Crippen LogP contribution < -0.4 is 0 Å². The normalized spacial score (nSPS) is 10.9. The summed E-state index contributed by atoms with van der Waals surface area (Å²) in [7, 11) is 0. The molecular formula is C17H13F2NO2. The monoisotopic (exact) mass is 301 g/mol. The fourth-order valence-electron chi connectivity index (χ4n) is 2.20. The van der Waals surface area contributed by atoms with Gasteiger partial charge in [-0.15, -0.1) is 0 Å². The Morgan fingerprint density at radius 1 is 1.05 bits per heavy atom. The molecule has 0 atom stereocenters. The lowest BCUT2D eigenvalue weighted by atomic mass is 10.1. The first kappa shape index (κ1) is 14.4. The molecule has 0 saturated carbocycles. The smallest absolute Gasteiger partial charge is 0.229 e. The van der Waals surface area contributed by atoms with Gasteiger partial charge in [-0.25, -0.2) is 13.8 Å². The molecule has 112 valence electrons. The van der Waals surface area contributed by atoms with Crippen molar-refractivity contribution in [2.45, 2.75) is 13.0 Å². The molecule has 22 heavy (non-hydrogen) atoms. The third kappa shape index (κ3) is 2.89. The minimum absolute atomic E-state index is 0.0352. The maximum Gasteiger partial charge on any atom is 0.229 e. The van der Waals surface area contributed by atoms with Crippen LogP contribution in [0.3, 0.4) is 0 Å². The van der Waals surface area contributed by atoms with Gasteiger partial charge in [0.25, 0.3) is 0 Å². The zero-order valence-corrected chi connectivity index (χ0v) is 11.6. The largest absolute Gasteiger partial charge is 0.440 e. The molecule has 1 N–H and O–H groups in total. The first-order chi connectivity index (χ1) is 10.7.